The summed E-state index contributed by atoms with van der Waals surface area (Å²) in [6.07, 6.45) is 0.170. The lowest BCUT2D eigenvalue weighted by atomic mass is 10.1. The molecule has 0 heterocycles. The second-order valence-corrected chi connectivity index (χ2v) is 2.63. The van der Waals surface area contributed by atoms with Crippen LogP contribution in [0.25, 0.3) is 0 Å². The van der Waals surface area contributed by atoms with Crippen molar-refractivity contribution in [2.24, 2.45) is 5.10 Å². The second kappa shape index (κ2) is 4.98. The summed E-state index contributed by atoms with van der Waals surface area (Å²) in [6, 6.07) is 9.03. The van der Waals surface area contributed by atoms with Crippen LogP contribution in [0.15, 0.2) is 35.4 Å². The lowest BCUT2D eigenvalue weighted by Crippen LogP contribution is -2.19. The molecule has 14 heavy (non-hydrogen) atoms. The fourth-order valence-electron chi connectivity index (χ4n) is 1.01. The normalized spacial score (nSPS) is 11.1. The van der Waals surface area contributed by atoms with Crippen LogP contribution in [0.1, 0.15) is 5.56 Å². The van der Waals surface area contributed by atoms with Crippen molar-refractivity contribution in [1.82, 2.24) is 5.59 Å². The van der Waals surface area contributed by atoms with Crippen LogP contribution in [0, 0.1) is 0 Å². The molecule has 5 nitrogen and oxygen atoms in total. The van der Waals surface area contributed by atoms with Gasteiger partial charge in [-0.3, -0.25) is 5.21 Å². The number of benzene rings is 1. The van der Waals surface area contributed by atoms with Crippen LogP contribution in [0.3, 0.4) is 0 Å². The summed E-state index contributed by atoms with van der Waals surface area (Å²) in [7, 11) is 0. The molecule has 0 aliphatic heterocycles. The minimum atomic E-state index is -1.16. The van der Waals surface area contributed by atoms with Crippen molar-refractivity contribution in [2.75, 3.05) is 0 Å². The second-order valence-electron chi connectivity index (χ2n) is 2.63. The first kappa shape index (κ1) is 10.2. The van der Waals surface area contributed by atoms with Crippen LogP contribution >= 0.6 is 0 Å². The highest BCUT2D eigenvalue weighted by Gasteiger charge is 2.09. The fraction of sp³-hybridized carbons (Fsp3) is 0.111. The summed E-state index contributed by atoms with van der Waals surface area (Å²) in [5, 5.41) is 20.2. The fourth-order valence-corrected chi connectivity index (χ4v) is 1.01. The average molecular weight is 194 g/mol. The van der Waals surface area contributed by atoms with Crippen molar-refractivity contribution in [2.45, 2.75) is 6.42 Å². The number of hydrogen-bond donors (Lipinski definition) is 3. The van der Waals surface area contributed by atoms with Gasteiger partial charge in [-0.1, -0.05) is 30.3 Å². The smallest absolute Gasteiger partial charge is 0.352 e. The van der Waals surface area contributed by atoms with Gasteiger partial charge in [-0.2, -0.15) is 10.7 Å². The number of carbonyl (C=O) groups is 1. The molecule has 0 aliphatic rings. The number of hydrazone groups is 1. The van der Waals surface area contributed by atoms with Gasteiger partial charge in [-0.05, 0) is 5.56 Å². The van der Waals surface area contributed by atoms with Crippen molar-refractivity contribution < 1.29 is 15.1 Å². The zero-order chi connectivity index (χ0) is 10.4. The van der Waals surface area contributed by atoms with Crippen LogP contribution in [0.2, 0.25) is 0 Å². The maximum Gasteiger partial charge on any atom is 0.352 e. The maximum atomic E-state index is 10.6. The first-order chi connectivity index (χ1) is 6.74. The molecule has 0 aliphatic carbocycles. The SMILES string of the molecule is O=C(O)C(Cc1ccccc1)=NNO. The van der Waals surface area contributed by atoms with Gasteiger partial charge in [0.25, 0.3) is 0 Å². The highest BCUT2D eigenvalue weighted by atomic mass is 16.5. The summed E-state index contributed by atoms with van der Waals surface area (Å²) in [6.45, 7) is 0. The van der Waals surface area contributed by atoms with E-state index in [1.807, 2.05) is 6.07 Å². The Kier molecular flexibility index (Phi) is 3.63. The van der Waals surface area contributed by atoms with Gasteiger partial charge in [-0.15, -0.1) is 0 Å². The molecule has 1 rings (SSSR count). The van der Waals surface area contributed by atoms with Crippen LogP contribution < -0.4 is 5.59 Å². The van der Waals surface area contributed by atoms with Crippen molar-refractivity contribution in [3.8, 4) is 0 Å². The third kappa shape index (κ3) is 2.87. The molecule has 5 heteroatoms. The first-order valence-corrected chi connectivity index (χ1v) is 3.97. The summed E-state index contributed by atoms with van der Waals surface area (Å²) < 4.78 is 0. The molecule has 0 bridgehead atoms. The monoisotopic (exact) mass is 194 g/mol. The lowest BCUT2D eigenvalue weighted by molar-refractivity contribution is -0.129. The van der Waals surface area contributed by atoms with Gasteiger partial charge in [0.15, 0.2) is 5.71 Å². The molecule has 1 aromatic rings. The van der Waals surface area contributed by atoms with E-state index in [-0.39, 0.29) is 12.1 Å². The minimum absolute atomic E-state index is 0.140. The number of nitrogens with one attached hydrogen (secondary N) is 1. The van der Waals surface area contributed by atoms with E-state index in [1.165, 1.54) is 5.59 Å². The average Bonchev–Trinajstić information content (AvgIpc) is 2.18. The Morgan fingerprint density at radius 2 is 2.00 bits per heavy atom. The highest BCUT2D eigenvalue weighted by Crippen LogP contribution is 2.00. The first-order valence-electron chi connectivity index (χ1n) is 3.97. The number of aliphatic carboxylic acids is 1. The van der Waals surface area contributed by atoms with Crippen molar-refractivity contribution in [3.05, 3.63) is 35.9 Å². The molecule has 0 saturated heterocycles. The molecular formula is C9H10N2O3. The van der Waals surface area contributed by atoms with Crippen molar-refractivity contribution >= 4 is 11.7 Å². The summed E-state index contributed by atoms with van der Waals surface area (Å²) in [4.78, 5) is 10.6. The predicted molar refractivity (Wildman–Crippen MR) is 50.1 cm³/mol. The highest BCUT2D eigenvalue weighted by molar-refractivity contribution is 6.36. The molecule has 74 valence electrons. The molecule has 0 spiro atoms. The number of carboxylic acid groups (broad SMARTS) is 1. The lowest BCUT2D eigenvalue weighted by Gasteiger charge is -2.00. The molecule has 0 amide bonds. The van der Waals surface area contributed by atoms with Crippen LogP contribution in [-0.4, -0.2) is 22.0 Å². The summed E-state index contributed by atoms with van der Waals surface area (Å²) in [5.74, 6) is -1.16. The molecular weight excluding hydrogens is 184 g/mol. The van der Waals surface area contributed by atoms with Gasteiger partial charge in [0, 0.05) is 6.42 Å². The number of carboxylic acids is 1. The van der Waals surface area contributed by atoms with Gasteiger partial charge < -0.3 is 5.11 Å². The quantitative estimate of drug-likeness (QED) is 0.485. The number of hydrogen-bond acceptors (Lipinski definition) is 4. The van der Waals surface area contributed by atoms with Gasteiger partial charge in [0.1, 0.15) is 0 Å². The Morgan fingerprint density at radius 3 is 2.50 bits per heavy atom. The van der Waals surface area contributed by atoms with Gasteiger partial charge >= 0.3 is 5.97 Å². The third-order valence-corrected chi connectivity index (χ3v) is 1.65. The zero-order valence-electron chi connectivity index (χ0n) is 7.34. The van der Waals surface area contributed by atoms with E-state index in [0.717, 1.165) is 5.56 Å². The molecule has 0 unspecified atom stereocenters. The number of nitrogens with zero attached hydrogens (tertiary/aromatic N) is 1. The van der Waals surface area contributed by atoms with Crippen LogP contribution in [-0.2, 0) is 11.2 Å². The van der Waals surface area contributed by atoms with Gasteiger partial charge in [-0.25, -0.2) is 4.79 Å². The van der Waals surface area contributed by atoms with E-state index in [4.69, 9.17) is 10.3 Å². The topological polar surface area (TPSA) is 81.9 Å². The van der Waals surface area contributed by atoms with E-state index in [2.05, 4.69) is 5.10 Å². The molecule has 0 radical (unpaired) electrons. The van der Waals surface area contributed by atoms with Crippen molar-refractivity contribution in [3.63, 3.8) is 0 Å². The van der Waals surface area contributed by atoms with Gasteiger partial charge in [0.2, 0.25) is 0 Å². The Balaban J connectivity index is 2.76. The summed E-state index contributed by atoms with van der Waals surface area (Å²) >= 11 is 0. The summed E-state index contributed by atoms with van der Waals surface area (Å²) in [5.41, 5.74) is 2.16. The van der Waals surface area contributed by atoms with Crippen LogP contribution in [0.5, 0.6) is 0 Å². The molecule has 1 aromatic carbocycles. The van der Waals surface area contributed by atoms with E-state index < -0.39 is 5.97 Å². The Bertz CT molecular complexity index is 335. The Labute approximate surface area is 80.6 Å². The predicted octanol–water partition coefficient (Wildman–Crippen LogP) is 0.648. The van der Waals surface area contributed by atoms with E-state index in [0.29, 0.717) is 0 Å². The van der Waals surface area contributed by atoms with Gasteiger partial charge in [0.05, 0.1) is 0 Å². The van der Waals surface area contributed by atoms with E-state index in [9.17, 15) is 4.79 Å². The minimum Gasteiger partial charge on any atom is -0.477 e. The van der Waals surface area contributed by atoms with E-state index in [1.54, 1.807) is 24.3 Å². The Morgan fingerprint density at radius 1 is 1.36 bits per heavy atom. The number of rotatable bonds is 4. The largest absolute Gasteiger partial charge is 0.477 e. The molecule has 0 aromatic heterocycles. The maximum absolute atomic E-state index is 10.6. The third-order valence-electron chi connectivity index (χ3n) is 1.65. The molecule has 3 N–H and O–H groups in total. The molecule has 0 saturated carbocycles. The zero-order valence-corrected chi connectivity index (χ0v) is 7.34. The van der Waals surface area contributed by atoms with Crippen molar-refractivity contribution in [1.29, 1.82) is 0 Å². The standard InChI is InChI=1S/C9H10N2O3/c12-9(13)8(10-11-14)6-7-4-2-1-3-5-7/h1-5,11,14H,6H2,(H,12,13). The molecule has 0 fully saturated rings. The van der Waals surface area contributed by atoms with E-state index >= 15 is 0 Å². The van der Waals surface area contributed by atoms with Crippen LogP contribution in [0.4, 0.5) is 0 Å². The Hall–Kier alpha value is -1.88. The molecule has 0 atom stereocenters.